The van der Waals surface area contributed by atoms with Gasteiger partial charge in [-0.2, -0.15) is 0 Å². The number of rotatable bonds is 4. The van der Waals surface area contributed by atoms with E-state index in [0.29, 0.717) is 12.4 Å². The lowest BCUT2D eigenvalue weighted by Gasteiger charge is -2.15. The molecule has 1 fully saturated rings. The lowest BCUT2D eigenvalue weighted by Crippen LogP contribution is -2.19. The number of ether oxygens (including phenoxy) is 1. The van der Waals surface area contributed by atoms with Gasteiger partial charge in [-0.3, -0.25) is 14.4 Å². The molecule has 34 heavy (non-hydrogen) atoms. The van der Waals surface area contributed by atoms with Crippen LogP contribution in [0.2, 0.25) is 0 Å². The molecule has 1 saturated carbocycles. The van der Waals surface area contributed by atoms with Gasteiger partial charge >= 0.3 is 5.97 Å². The average molecular weight is 474 g/mol. The molecule has 1 aliphatic carbocycles. The zero-order chi connectivity index (χ0) is 24.0. The molecule has 3 heterocycles. The first kappa shape index (κ1) is 22.5. The summed E-state index contributed by atoms with van der Waals surface area (Å²) in [5.74, 6) is 7.13. The molecule has 8 heteroatoms. The number of benzene rings is 1. The van der Waals surface area contributed by atoms with Gasteiger partial charge in [0.1, 0.15) is 22.5 Å². The lowest BCUT2D eigenvalue weighted by atomic mass is 9.98. The molecule has 1 atom stereocenters. The Labute approximate surface area is 203 Å². The van der Waals surface area contributed by atoms with Crippen molar-refractivity contribution in [1.29, 1.82) is 0 Å². The third kappa shape index (κ3) is 4.06. The van der Waals surface area contributed by atoms with E-state index in [4.69, 9.17) is 15.5 Å². The van der Waals surface area contributed by atoms with Crippen molar-refractivity contribution < 1.29 is 9.53 Å². The molecule has 1 aromatic carbocycles. The first-order chi connectivity index (χ1) is 16.3. The number of aliphatic imine (C=N–C) groups is 1. The Morgan fingerprint density at radius 3 is 2.65 bits per heavy atom. The Morgan fingerprint density at radius 2 is 1.97 bits per heavy atom. The highest BCUT2D eigenvalue weighted by atomic mass is 32.1. The Hall–Kier alpha value is -3.28. The SMILES string of the molecule is Cc1sc2c(c1C)C(c1ccc(C#CCN)cc1)=N[C@@H](CC(=O)OC1(C)CC1)c1nnc(C)n1-2. The molecule has 2 aliphatic rings. The van der Waals surface area contributed by atoms with Crippen LogP contribution in [0.25, 0.3) is 5.00 Å². The molecule has 2 aromatic heterocycles. The van der Waals surface area contributed by atoms with Crippen LogP contribution in [0.5, 0.6) is 0 Å². The molecule has 1 aliphatic heterocycles. The summed E-state index contributed by atoms with van der Waals surface area (Å²) >= 11 is 1.69. The van der Waals surface area contributed by atoms with Crippen LogP contribution in [0.15, 0.2) is 29.3 Å². The molecule has 0 amide bonds. The Balaban J connectivity index is 1.63. The zero-order valence-corrected chi connectivity index (χ0v) is 20.6. The van der Waals surface area contributed by atoms with E-state index in [9.17, 15) is 4.79 Å². The highest BCUT2D eigenvalue weighted by Crippen LogP contribution is 2.42. The maximum absolute atomic E-state index is 12.8. The molecule has 0 bridgehead atoms. The van der Waals surface area contributed by atoms with Crippen LogP contribution in [0, 0.1) is 32.6 Å². The molecule has 0 unspecified atom stereocenters. The second-order valence-electron chi connectivity index (χ2n) is 9.11. The number of carbonyl (C=O) groups excluding carboxylic acids is 1. The van der Waals surface area contributed by atoms with Crippen molar-refractivity contribution in [3.8, 4) is 16.8 Å². The summed E-state index contributed by atoms with van der Waals surface area (Å²) in [5, 5.41) is 9.82. The number of hydrogen-bond acceptors (Lipinski definition) is 7. The summed E-state index contributed by atoms with van der Waals surface area (Å²) in [5.41, 5.74) is 10.1. The van der Waals surface area contributed by atoms with Crippen LogP contribution >= 0.6 is 11.3 Å². The van der Waals surface area contributed by atoms with E-state index in [1.807, 2.05) is 42.7 Å². The molecule has 7 nitrogen and oxygen atoms in total. The van der Waals surface area contributed by atoms with Crippen LogP contribution in [0.4, 0.5) is 0 Å². The van der Waals surface area contributed by atoms with E-state index < -0.39 is 6.04 Å². The summed E-state index contributed by atoms with van der Waals surface area (Å²) in [6.07, 6.45) is 1.93. The zero-order valence-electron chi connectivity index (χ0n) is 19.8. The molecule has 174 valence electrons. The van der Waals surface area contributed by atoms with Gasteiger partial charge in [0.2, 0.25) is 0 Å². The topological polar surface area (TPSA) is 95.4 Å². The number of nitrogens with zero attached hydrogens (tertiary/aromatic N) is 4. The third-order valence-corrected chi connectivity index (χ3v) is 7.60. The fourth-order valence-electron chi connectivity index (χ4n) is 4.14. The molecule has 3 aromatic rings. The lowest BCUT2D eigenvalue weighted by molar-refractivity contribution is -0.150. The van der Waals surface area contributed by atoms with Crippen LogP contribution in [-0.4, -0.2) is 38.6 Å². The van der Waals surface area contributed by atoms with E-state index in [1.54, 1.807) is 11.3 Å². The van der Waals surface area contributed by atoms with Crippen LogP contribution in [0.1, 0.15) is 71.0 Å². The molecular formula is C26H27N5O2S. The number of carbonyl (C=O) groups is 1. The van der Waals surface area contributed by atoms with Crippen molar-refractivity contribution in [2.24, 2.45) is 10.7 Å². The van der Waals surface area contributed by atoms with E-state index >= 15 is 0 Å². The second kappa shape index (κ2) is 8.49. The number of thiophene rings is 1. The quantitative estimate of drug-likeness (QED) is 0.457. The summed E-state index contributed by atoms with van der Waals surface area (Å²) in [4.78, 5) is 19.2. The van der Waals surface area contributed by atoms with Crippen LogP contribution < -0.4 is 5.73 Å². The van der Waals surface area contributed by atoms with Gasteiger partial charge in [-0.25, -0.2) is 0 Å². The smallest absolute Gasteiger partial charge is 0.308 e. The summed E-state index contributed by atoms with van der Waals surface area (Å²) in [6.45, 7) is 8.45. The number of hydrogen-bond donors (Lipinski definition) is 1. The number of fused-ring (bicyclic) bond motifs is 3. The molecule has 0 spiro atoms. The van der Waals surface area contributed by atoms with Gasteiger partial charge in [0, 0.05) is 21.6 Å². The predicted octanol–water partition coefficient (Wildman–Crippen LogP) is 3.94. The van der Waals surface area contributed by atoms with Crippen molar-refractivity contribution >= 4 is 23.0 Å². The number of nitrogens with two attached hydrogens (primary N) is 1. The summed E-state index contributed by atoms with van der Waals surface area (Å²) < 4.78 is 7.77. The number of aromatic nitrogens is 3. The van der Waals surface area contributed by atoms with Crippen molar-refractivity contribution in [2.75, 3.05) is 6.54 Å². The van der Waals surface area contributed by atoms with Crippen LogP contribution in [0.3, 0.4) is 0 Å². The molecule has 0 radical (unpaired) electrons. The van der Waals surface area contributed by atoms with E-state index in [0.717, 1.165) is 46.1 Å². The van der Waals surface area contributed by atoms with Gasteiger partial charge in [-0.1, -0.05) is 24.0 Å². The maximum Gasteiger partial charge on any atom is 0.308 e. The summed E-state index contributed by atoms with van der Waals surface area (Å²) in [6, 6.07) is 7.50. The Kier molecular flexibility index (Phi) is 5.62. The van der Waals surface area contributed by atoms with Crippen molar-refractivity contribution in [2.45, 2.75) is 58.6 Å². The average Bonchev–Trinajstić information content (AvgIpc) is 3.33. The third-order valence-electron chi connectivity index (χ3n) is 6.41. The van der Waals surface area contributed by atoms with E-state index in [2.05, 4.69) is 35.9 Å². The first-order valence-corrected chi connectivity index (χ1v) is 12.2. The molecular weight excluding hydrogens is 446 g/mol. The van der Waals surface area contributed by atoms with Gasteiger partial charge in [0.25, 0.3) is 0 Å². The Morgan fingerprint density at radius 1 is 1.24 bits per heavy atom. The monoisotopic (exact) mass is 473 g/mol. The van der Waals surface area contributed by atoms with Crippen molar-refractivity contribution in [3.63, 3.8) is 0 Å². The maximum atomic E-state index is 12.8. The van der Waals surface area contributed by atoms with Crippen LogP contribution in [-0.2, 0) is 9.53 Å². The number of esters is 1. The van der Waals surface area contributed by atoms with Crippen molar-refractivity contribution in [1.82, 2.24) is 14.8 Å². The normalized spacial score (nSPS) is 17.6. The van der Waals surface area contributed by atoms with Crippen molar-refractivity contribution in [3.05, 3.63) is 63.0 Å². The van der Waals surface area contributed by atoms with Gasteiger partial charge in [-0.05, 0) is 58.2 Å². The van der Waals surface area contributed by atoms with Gasteiger partial charge in [0.15, 0.2) is 5.82 Å². The molecule has 0 saturated heterocycles. The summed E-state index contributed by atoms with van der Waals surface area (Å²) in [7, 11) is 0. The minimum Gasteiger partial charge on any atom is -0.459 e. The van der Waals surface area contributed by atoms with Gasteiger partial charge in [-0.15, -0.1) is 21.5 Å². The minimum absolute atomic E-state index is 0.115. The minimum atomic E-state index is -0.498. The highest BCUT2D eigenvalue weighted by Gasteiger charge is 2.42. The van der Waals surface area contributed by atoms with Gasteiger partial charge in [0.05, 0.1) is 18.7 Å². The molecule has 2 N–H and O–H groups in total. The van der Waals surface area contributed by atoms with E-state index in [1.165, 1.54) is 10.4 Å². The fraction of sp³-hybridized carbons (Fsp3) is 0.385. The number of aryl methyl sites for hydroxylation is 2. The van der Waals surface area contributed by atoms with Gasteiger partial charge < -0.3 is 10.5 Å². The second-order valence-corrected chi connectivity index (χ2v) is 10.3. The fourth-order valence-corrected chi connectivity index (χ4v) is 5.36. The highest BCUT2D eigenvalue weighted by molar-refractivity contribution is 7.15. The standard InChI is InChI=1S/C26H27N5O2S/c1-15-16(2)34-25-22(15)23(19-9-7-18(8-10-19)6-5-13-27)28-20(24-30-29-17(3)31(24)25)14-21(32)33-26(4)11-12-26/h7-10,20H,11-14,27H2,1-4H3/t20-/m0/s1. The largest absolute Gasteiger partial charge is 0.459 e. The van der Waals surface area contributed by atoms with E-state index in [-0.39, 0.29) is 18.0 Å². The first-order valence-electron chi connectivity index (χ1n) is 11.4. The predicted molar refractivity (Wildman–Crippen MR) is 133 cm³/mol. The Bertz CT molecular complexity index is 1370. The molecule has 5 rings (SSSR count).